The molecule has 0 spiro atoms. The lowest BCUT2D eigenvalue weighted by atomic mass is 9.96. The molecular formula is C38H57N9O8. The number of hydrogen-bond donors (Lipinski definition) is 9. The van der Waals surface area contributed by atoms with Gasteiger partial charge in [0.1, 0.15) is 30.2 Å². The number of hydrogen-bond acceptors (Lipinski definition) is 9. The first kappa shape index (κ1) is 44.1. The highest BCUT2D eigenvalue weighted by Gasteiger charge is 2.35. The summed E-state index contributed by atoms with van der Waals surface area (Å²) in [6, 6.07) is 2.55. The van der Waals surface area contributed by atoms with Crippen LogP contribution in [-0.2, 0) is 46.4 Å². The van der Waals surface area contributed by atoms with Crippen molar-refractivity contribution >= 4 is 41.4 Å². The molecule has 0 radical (unpaired) electrons. The third-order valence-electron chi connectivity index (χ3n) is 9.51. The van der Waals surface area contributed by atoms with Gasteiger partial charge in [-0.15, -0.1) is 0 Å². The van der Waals surface area contributed by atoms with E-state index in [2.05, 4.69) is 41.9 Å². The Bertz CT molecular complexity index is 1590. The van der Waals surface area contributed by atoms with Crippen LogP contribution in [0.4, 0.5) is 0 Å². The summed E-state index contributed by atoms with van der Waals surface area (Å²) in [5, 5.41) is 25.7. The third-order valence-corrected chi connectivity index (χ3v) is 9.51. The first-order chi connectivity index (χ1) is 26.2. The maximum Gasteiger partial charge on any atom is 0.303 e. The second-order valence-electron chi connectivity index (χ2n) is 14.5. The molecule has 17 heteroatoms. The zero-order chi connectivity index (χ0) is 40.5. The molecule has 55 heavy (non-hydrogen) atoms. The highest BCUT2D eigenvalue weighted by molar-refractivity contribution is 5.97. The summed E-state index contributed by atoms with van der Waals surface area (Å²) < 4.78 is 0. The lowest BCUT2D eigenvalue weighted by Gasteiger charge is -2.29. The summed E-state index contributed by atoms with van der Waals surface area (Å²) in [5.74, 6) is -5.41. The van der Waals surface area contributed by atoms with Gasteiger partial charge in [0.05, 0.1) is 12.4 Å². The van der Waals surface area contributed by atoms with Gasteiger partial charge in [-0.2, -0.15) is 0 Å². The minimum absolute atomic E-state index is 0.0435. The number of aromatic nitrogens is 2. The molecule has 1 saturated heterocycles. The molecule has 1 aliphatic heterocycles. The number of nitrogens with zero attached hydrogens (tertiary/aromatic N) is 1. The van der Waals surface area contributed by atoms with Crippen LogP contribution in [-0.4, -0.2) is 99.3 Å². The van der Waals surface area contributed by atoms with Crippen molar-refractivity contribution in [2.75, 3.05) is 6.54 Å². The number of nitrogens with one attached hydrogen (secondary N) is 7. The number of aromatic amines is 1. The van der Waals surface area contributed by atoms with E-state index in [0.717, 1.165) is 18.4 Å². The normalized spacial score (nSPS) is 17.6. The summed E-state index contributed by atoms with van der Waals surface area (Å²) in [7, 11) is 0. The standard InChI is InChI=1S/C38H57N9O8/c1-5-23(4)32(38(55)44-27-13-9-10-16-41-34(27)51)47-35(52)28(14-15-31(48)49)43-37(54)30(19-25-20-40-21-42-25)46-36(53)29(17-22(2)3)45-33(50)26(39)18-24-11-7-6-8-12-24/h6-8,11-12,20-23,26-30,32H,5,9-10,13-19,39H2,1-4H3,(H,40,42)(H,41,51)(H,43,54)(H,44,55)(H,45,50)(H,46,53)(H,47,52)(H,48,49)/t23-,26-,27?,28-,29-,30-,32-/m0/s1. The minimum atomic E-state index is -1.42. The van der Waals surface area contributed by atoms with E-state index >= 15 is 0 Å². The van der Waals surface area contributed by atoms with Gasteiger partial charge in [-0.1, -0.05) is 64.4 Å². The minimum Gasteiger partial charge on any atom is -0.481 e. The number of carbonyl (C=O) groups is 7. The number of benzene rings is 1. The van der Waals surface area contributed by atoms with Crippen LogP contribution in [0.5, 0.6) is 0 Å². The largest absolute Gasteiger partial charge is 0.481 e. The van der Waals surface area contributed by atoms with E-state index in [1.165, 1.54) is 12.5 Å². The topological polar surface area (TPSA) is 267 Å². The summed E-state index contributed by atoms with van der Waals surface area (Å²) in [6.45, 7) is 7.82. The Morgan fingerprint density at radius 1 is 0.873 bits per heavy atom. The molecule has 10 N–H and O–H groups in total. The number of H-pyrrole nitrogens is 1. The molecule has 1 aliphatic rings. The van der Waals surface area contributed by atoms with Crippen molar-refractivity contribution in [3.05, 3.63) is 54.1 Å². The van der Waals surface area contributed by atoms with E-state index in [1.54, 1.807) is 6.92 Å². The van der Waals surface area contributed by atoms with Gasteiger partial charge in [-0.25, -0.2) is 4.98 Å². The summed E-state index contributed by atoms with van der Waals surface area (Å²) in [5.41, 5.74) is 7.51. The zero-order valence-corrected chi connectivity index (χ0v) is 32.1. The van der Waals surface area contributed by atoms with E-state index in [1.807, 2.05) is 51.1 Å². The van der Waals surface area contributed by atoms with Crippen LogP contribution in [0.1, 0.15) is 83.9 Å². The molecule has 1 aromatic carbocycles. The highest BCUT2D eigenvalue weighted by Crippen LogP contribution is 2.13. The fraction of sp³-hybridized carbons (Fsp3) is 0.579. The third kappa shape index (κ3) is 14.8. The van der Waals surface area contributed by atoms with Crippen LogP contribution < -0.4 is 37.6 Å². The molecular weight excluding hydrogens is 710 g/mol. The van der Waals surface area contributed by atoms with Crippen molar-refractivity contribution in [2.45, 2.75) is 122 Å². The number of amides is 6. The Morgan fingerprint density at radius 2 is 1.53 bits per heavy atom. The lowest BCUT2D eigenvalue weighted by Crippen LogP contribution is -2.60. The first-order valence-corrected chi connectivity index (χ1v) is 19.0. The Morgan fingerprint density at radius 3 is 2.16 bits per heavy atom. The molecule has 302 valence electrons. The summed E-state index contributed by atoms with van der Waals surface area (Å²) >= 11 is 0. The maximum absolute atomic E-state index is 14.0. The van der Waals surface area contributed by atoms with Crippen molar-refractivity contribution in [1.82, 2.24) is 41.9 Å². The van der Waals surface area contributed by atoms with Crippen molar-refractivity contribution in [3.8, 4) is 0 Å². The van der Waals surface area contributed by atoms with E-state index in [4.69, 9.17) is 5.73 Å². The summed E-state index contributed by atoms with van der Waals surface area (Å²) in [4.78, 5) is 99.2. The maximum atomic E-state index is 14.0. The molecule has 1 fully saturated rings. The predicted octanol–water partition coefficient (Wildman–Crippen LogP) is 0.203. The smallest absolute Gasteiger partial charge is 0.303 e. The lowest BCUT2D eigenvalue weighted by molar-refractivity contribution is -0.139. The van der Waals surface area contributed by atoms with E-state index < -0.39 is 84.1 Å². The monoisotopic (exact) mass is 767 g/mol. The zero-order valence-electron chi connectivity index (χ0n) is 32.1. The van der Waals surface area contributed by atoms with Gasteiger partial charge in [0.25, 0.3) is 0 Å². The van der Waals surface area contributed by atoms with E-state index in [-0.39, 0.29) is 37.5 Å². The second-order valence-corrected chi connectivity index (χ2v) is 14.5. The van der Waals surface area contributed by atoms with Crippen molar-refractivity contribution in [3.63, 3.8) is 0 Å². The molecule has 3 rings (SSSR count). The number of imidazole rings is 1. The number of rotatable bonds is 21. The van der Waals surface area contributed by atoms with Gasteiger partial charge >= 0.3 is 5.97 Å². The SMILES string of the molecule is CC[C@H](C)[C@H](NC(=O)[C@H](CCC(=O)O)NC(=O)[C@H](Cc1cnc[nH]1)NC(=O)[C@H](CC(C)C)NC(=O)[C@@H](N)Cc1ccccc1)C(=O)NC1CCCCNC1=O. The van der Waals surface area contributed by atoms with Crippen LogP contribution in [0.15, 0.2) is 42.9 Å². The van der Waals surface area contributed by atoms with Gasteiger partial charge in [0.15, 0.2) is 0 Å². The Balaban J connectivity index is 1.81. The van der Waals surface area contributed by atoms with Gasteiger partial charge in [-0.3, -0.25) is 33.6 Å². The van der Waals surface area contributed by atoms with Crippen LogP contribution >= 0.6 is 0 Å². The quantitative estimate of drug-likeness (QED) is 0.0833. The molecule has 0 saturated carbocycles. The van der Waals surface area contributed by atoms with Crippen molar-refractivity contribution in [1.29, 1.82) is 0 Å². The molecule has 2 heterocycles. The van der Waals surface area contributed by atoms with Gasteiger partial charge in [0, 0.05) is 31.3 Å². The molecule has 1 unspecified atom stereocenters. The Kier molecular flexibility index (Phi) is 17.8. The van der Waals surface area contributed by atoms with Crippen LogP contribution in [0.25, 0.3) is 0 Å². The van der Waals surface area contributed by atoms with Gasteiger partial charge in [0.2, 0.25) is 35.4 Å². The van der Waals surface area contributed by atoms with Crippen LogP contribution in [0.3, 0.4) is 0 Å². The Labute approximate surface area is 321 Å². The predicted molar refractivity (Wildman–Crippen MR) is 203 cm³/mol. The molecule has 2 aromatic rings. The van der Waals surface area contributed by atoms with E-state index in [9.17, 15) is 38.7 Å². The molecule has 6 amide bonds. The Hall–Kier alpha value is -5.32. The fourth-order valence-electron chi connectivity index (χ4n) is 6.14. The van der Waals surface area contributed by atoms with Crippen LogP contribution in [0, 0.1) is 11.8 Å². The average molecular weight is 768 g/mol. The number of carbonyl (C=O) groups excluding carboxylic acids is 6. The average Bonchev–Trinajstić information content (AvgIpc) is 3.58. The number of nitrogens with two attached hydrogens (primary N) is 1. The fourth-order valence-corrected chi connectivity index (χ4v) is 6.14. The van der Waals surface area contributed by atoms with E-state index in [0.29, 0.717) is 25.1 Å². The molecule has 7 atom stereocenters. The van der Waals surface area contributed by atoms with Gasteiger partial charge in [-0.05, 0) is 55.9 Å². The second kappa shape index (κ2) is 22.2. The summed E-state index contributed by atoms with van der Waals surface area (Å²) in [6.07, 6.45) is 4.79. The molecule has 17 nitrogen and oxygen atoms in total. The highest BCUT2D eigenvalue weighted by atomic mass is 16.4. The number of aliphatic carboxylic acids is 1. The molecule has 0 bridgehead atoms. The van der Waals surface area contributed by atoms with Crippen molar-refractivity contribution < 1.29 is 38.7 Å². The van der Waals surface area contributed by atoms with Gasteiger partial charge < -0.3 is 47.7 Å². The first-order valence-electron chi connectivity index (χ1n) is 19.0. The number of carboxylic acids is 1. The number of carboxylic acid groups (broad SMARTS) is 1. The van der Waals surface area contributed by atoms with Crippen molar-refractivity contribution in [2.24, 2.45) is 17.6 Å². The molecule has 1 aromatic heterocycles. The molecule has 0 aliphatic carbocycles. The van der Waals surface area contributed by atoms with Crippen LogP contribution in [0.2, 0.25) is 0 Å².